The number of aromatic nitrogens is 1. The molecule has 1 atom stereocenters. The van der Waals surface area contributed by atoms with Gasteiger partial charge in [0, 0.05) is 31.0 Å². The largest absolute Gasteiger partial charge is 0.383 e. The minimum absolute atomic E-state index is 0.227. The Morgan fingerprint density at radius 2 is 2.22 bits per heavy atom. The molecule has 0 bridgehead atoms. The quantitative estimate of drug-likeness (QED) is 0.697. The molecular formula is C14H25N3O. The predicted molar refractivity (Wildman–Crippen MR) is 75.5 cm³/mol. The van der Waals surface area contributed by atoms with Crippen LogP contribution in [-0.2, 0) is 4.74 Å². The molecule has 4 nitrogen and oxygen atoms in total. The molecule has 18 heavy (non-hydrogen) atoms. The van der Waals surface area contributed by atoms with Crippen LogP contribution in [0.3, 0.4) is 0 Å². The molecule has 0 aromatic carbocycles. The first kappa shape index (κ1) is 14.9. The molecule has 4 heteroatoms. The van der Waals surface area contributed by atoms with E-state index < -0.39 is 0 Å². The molecule has 0 aliphatic heterocycles. The molecule has 1 unspecified atom stereocenters. The van der Waals surface area contributed by atoms with Crippen LogP contribution < -0.4 is 11.1 Å². The van der Waals surface area contributed by atoms with Gasteiger partial charge in [0.2, 0.25) is 0 Å². The van der Waals surface area contributed by atoms with Gasteiger partial charge in [-0.15, -0.1) is 0 Å². The number of ether oxygens (including phenoxy) is 1. The zero-order valence-corrected chi connectivity index (χ0v) is 11.7. The van der Waals surface area contributed by atoms with Gasteiger partial charge >= 0.3 is 0 Å². The summed E-state index contributed by atoms with van der Waals surface area (Å²) in [6, 6.07) is 2.23. The van der Waals surface area contributed by atoms with Gasteiger partial charge in [-0.2, -0.15) is 0 Å². The fourth-order valence-corrected chi connectivity index (χ4v) is 2.06. The van der Waals surface area contributed by atoms with Crippen molar-refractivity contribution >= 4 is 5.82 Å². The number of nitrogens with two attached hydrogens (primary N) is 1. The predicted octanol–water partition coefficient (Wildman–Crippen LogP) is 2.44. The van der Waals surface area contributed by atoms with E-state index >= 15 is 0 Å². The first-order valence-corrected chi connectivity index (χ1v) is 6.72. The standard InChI is InChI=1S/C14H25N3O/c1-4-8-16-12(7-10-18-5-2)13-11(3)6-9-17-14(13)15/h6,9,12,16H,4-5,7-8,10H2,1-3H3,(H2,15,17). The molecule has 1 heterocycles. The first-order chi connectivity index (χ1) is 8.70. The highest BCUT2D eigenvalue weighted by atomic mass is 16.5. The zero-order valence-electron chi connectivity index (χ0n) is 11.7. The van der Waals surface area contributed by atoms with Gasteiger partial charge in [-0.25, -0.2) is 4.98 Å². The molecule has 1 rings (SSSR count). The molecule has 0 amide bonds. The van der Waals surface area contributed by atoms with E-state index in [2.05, 4.69) is 24.1 Å². The Balaban J connectivity index is 2.79. The third kappa shape index (κ3) is 4.27. The second-order valence-electron chi connectivity index (χ2n) is 4.42. The average molecular weight is 251 g/mol. The van der Waals surface area contributed by atoms with E-state index in [0.717, 1.165) is 38.2 Å². The molecule has 0 spiro atoms. The van der Waals surface area contributed by atoms with Crippen LogP contribution in [0.2, 0.25) is 0 Å². The van der Waals surface area contributed by atoms with Crippen LogP contribution >= 0.6 is 0 Å². The lowest BCUT2D eigenvalue weighted by molar-refractivity contribution is 0.136. The number of aryl methyl sites for hydroxylation is 1. The van der Waals surface area contributed by atoms with Crippen molar-refractivity contribution in [2.75, 3.05) is 25.5 Å². The summed E-state index contributed by atoms with van der Waals surface area (Å²) in [5, 5.41) is 3.53. The van der Waals surface area contributed by atoms with Crippen molar-refractivity contribution in [2.45, 2.75) is 39.7 Å². The summed E-state index contributed by atoms with van der Waals surface area (Å²) in [7, 11) is 0. The van der Waals surface area contributed by atoms with Gasteiger partial charge < -0.3 is 15.8 Å². The Bertz CT molecular complexity index is 335. The molecule has 0 saturated carbocycles. The zero-order chi connectivity index (χ0) is 13.4. The molecule has 0 saturated heterocycles. The Kier molecular flexibility index (Phi) is 6.68. The summed E-state index contributed by atoms with van der Waals surface area (Å²) in [5.41, 5.74) is 8.31. The average Bonchev–Trinajstić information content (AvgIpc) is 2.35. The number of anilines is 1. The van der Waals surface area contributed by atoms with E-state index in [1.54, 1.807) is 6.20 Å². The van der Waals surface area contributed by atoms with Crippen LogP contribution in [0.4, 0.5) is 5.82 Å². The smallest absolute Gasteiger partial charge is 0.128 e. The fourth-order valence-electron chi connectivity index (χ4n) is 2.06. The van der Waals surface area contributed by atoms with Crippen molar-refractivity contribution in [1.82, 2.24) is 10.3 Å². The van der Waals surface area contributed by atoms with E-state index in [-0.39, 0.29) is 6.04 Å². The molecule has 1 aromatic rings. The van der Waals surface area contributed by atoms with Gasteiger partial charge in [-0.05, 0) is 44.9 Å². The molecule has 102 valence electrons. The summed E-state index contributed by atoms with van der Waals surface area (Å²) in [4.78, 5) is 4.19. The topological polar surface area (TPSA) is 60.2 Å². The summed E-state index contributed by atoms with van der Waals surface area (Å²) < 4.78 is 5.44. The van der Waals surface area contributed by atoms with E-state index in [1.165, 1.54) is 5.56 Å². The maximum atomic E-state index is 6.01. The number of nitrogens with one attached hydrogen (secondary N) is 1. The van der Waals surface area contributed by atoms with Crippen molar-refractivity contribution in [2.24, 2.45) is 0 Å². The van der Waals surface area contributed by atoms with Gasteiger partial charge in [-0.1, -0.05) is 6.92 Å². The van der Waals surface area contributed by atoms with E-state index in [4.69, 9.17) is 10.5 Å². The molecule has 3 N–H and O–H groups in total. The maximum Gasteiger partial charge on any atom is 0.128 e. The molecule has 1 aromatic heterocycles. The number of hydrogen-bond acceptors (Lipinski definition) is 4. The fraction of sp³-hybridized carbons (Fsp3) is 0.643. The van der Waals surface area contributed by atoms with Crippen LogP contribution in [0.25, 0.3) is 0 Å². The second kappa shape index (κ2) is 8.06. The van der Waals surface area contributed by atoms with Gasteiger partial charge in [0.25, 0.3) is 0 Å². The summed E-state index contributed by atoms with van der Waals surface area (Å²) >= 11 is 0. The van der Waals surface area contributed by atoms with Crippen LogP contribution in [0.1, 0.15) is 43.9 Å². The highest BCUT2D eigenvalue weighted by Crippen LogP contribution is 2.25. The Morgan fingerprint density at radius 1 is 1.44 bits per heavy atom. The van der Waals surface area contributed by atoms with Gasteiger partial charge in [0.15, 0.2) is 0 Å². The summed E-state index contributed by atoms with van der Waals surface area (Å²) in [6.45, 7) is 8.72. The van der Waals surface area contributed by atoms with E-state index in [9.17, 15) is 0 Å². The molecule has 0 fully saturated rings. The van der Waals surface area contributed by atoms with E-state index in [1.807, 2.05) is 13.0 Å². The summed E-state index contributed by atoms with van der Waals surface area (Å²) in [6.07, 6.45) is 3.78. The second-order valence-corrected chi connectivity index (χ2v) is 4.42. The molecular weight excluding hydrogens is 226 g/mol. The lowest BCUT2D eigenvalue weighted by atomic mass is 10.00. The third-order valence-corrected chi connectivity index (χ3v) is 2.98. The number of nitrogens with zero attached hydrogens (tertiary/aromatic N) is 1. The third-order valence-electron chi connectivity index (χ3n) is 2.98. The lowest BCUT2D eigenvalue weighted by Gasteiger charge is -2.21. The Hall–Kier alpha value is -1.13. The number of hydrogen-bond donors (Lipinski definition) is 2. The minimum Gasteiger partial charge on any atom is -0.383 e. The van der Waals surface area contributed by atoms with Crippen LogP contribution in [0, 0.1) is 6.92 Å². The normalized spacial score (nSPS) is 12.6. The van der Waals surface area contributed by atoms with Crippen LogP contribution in [-0.4, -0.2) is 24.7 Å². The van der Waals surface area contributed by atoms with Gasteiger partial charge in [-0.3, -0.25) is 0 Å². The van der Waals surface area contributed by atoms with Crippen molar-refractivity contribution in [1.29, 1.82) is 0 Å². The monoisotopic (exact) mass is 251 g/mol. The Labute approximate surface area is 110 Å². The van der Waals surface area contributed by atoms with Crippen molar-refractivity contribution < 1.29 is 4.74 Å². The Morgan fingerprint density at radius 3 is 2.83 bits per heavy atom. The maximum absolute atomic E-state index is 6.01. The highest BCUT2D eigenvalue weighted by molar-refractivity contribution is 5.46. The summed E-state index contributed by atoms with van der Waals surface area (Å²) in [5.74, 6) is 0.625. The van der Waals surface area contributed by atoms with Crippen LogP contribution in [0.5, 0.6) is 0 Å². The van der Waals surface area contributed by atoms with Crippen molar-refractivity contribution in [3.05, 3.63) is 23.4 Å². The van der Waals surface area contributed by atoms with Gasteiger partial charge in [0.05, 0.1) is 0 Å². The highest BCUT2D eigenvalue weighted by Gasteiger charge is 2.16. The molecule has 0 radical (unpaired) electrons. The number of nitrogen functional groups attached to an aromatic ring is 1. The minimum atomic E-state index is 0.227. The molecule has 0 aliphatic rings. The number of pyridine rings is 1. The number of rotatable bonds is 8. The van der Waals surface area contributed by atoms with E-state index in [0.29, 0.717) is 5.82 Å². The first-order valence-electron chi connectivity index (χ1n) is 6.72. The SMILES string of the molecule is CCCNC(CCOCC)c1c(C)ccnc1N. The van der Waals surface area contributed by atoms with Crippen LogP contribution in [0.15, 0.2) is 12.3 Å². The lowest BCUT2D eigenvalue weighted by Crippen LogP contribution is -2.25. The van der Waals surface area contributed by atoms with Crippen molar-refractivity contribution in [3.63, 3.8) is 0 Å². The van der Waals surface area contributed by atoms with Crippen molar-refractivity contribution in [3.8, 4) is 0 Å². The van der Waals surface area contributed by atoms with Gasteiger partial charge in [0.1, 0.15) is 5.82 Å². The molecule has 0 aliphatic carbocycles.